The van der Waals surface area contributed by atoms with Gasteiger partial charge in [-0.3, -0.25) is 0 Å². The van der Waals surface area contributed by atoms with Crippen LogP contribution in [0.5, 0.6) is 0 Å². The van der Waals surface area contributed by atoms with Crippen LogP contribution in [-0.4, -0.2) is 26.5 Å². The largest absolute Gasteiger partial charge is 3.00 e. The topological polar surface area (TPSA) is 63.2 Å². The summed E-state index contributed by atoms with van der Waals surface area (Å²) in [5.41, 5.74) is 0. The summed E-state index contributed by atoms with van der Waals surface area (Å²) >= 11 is 0. The summed E-state index contributed by atoms with van der Waals surface area (Å²) in [6.07, 6.45) is 0. The molecule has 6 heavy (non-hydrogen) atoms. The zero-order chi connectivity index (χ0) is 3.58. The van der Waals surface area contributed by atoms with E-state index >= 15 is 0 Å². The Morgan fingerprint density at radius 2 is 1.33 bits per heavy atom. The van der Waals surface area contributed by atoms with Crippen LogP contribution in [0.2, 0.25) is 0 Å². The number of rotatable bonds is 0. The van der Waals surface area contributed by atoms with Gasteiger partial charge in [0.1, 0.15) is 0 Å². The zero-order valence-corrected chi connectivity index (χ0v) is 6.14. The first-order chi connectivity index (χ1) is 1.73. The van der Waals surface area contributed by atoms with Crippen LogP contribution in [0.3, 0.4) is 0 Å². The average molecular weight is 155 g/mol. The molecule has 0 aromatic carbocycles. The van der Waals surface area contributed by atoms with Crippen LogP contribution >= 0.6 is 0 Å². The molecule has 0 aliphatic carbocycles. The molecule has 0 saturated carbocycles. The van der Waals surface area contributed by atoms with Gasteiger partial charge in [0.05, 0.1) is 0 Å². The molecule has 3 nitrogen and oxygen atoms in total. The number of hydrogen-bond acceptors (Lipinski definition) is 3. The Hall–Kier alpha value is 0.682. The van der Waals surface area contributed by atoms with Crippen molar-refractivity contribution in [2.75, 3.05) is 0 Å². The fourth-order valence-corrected chi connectivity index (χ4v) is 0. The first kappa shape index (κ1) is 15.9. The molecular weight excluding hydrogens is 155 g/mol. The van der Waals surface area contributed by atoms with Crippen LogP contribution in [0, 0.1) is 0 Å². The van der Waals surface area contributed by atoms with E-state index in [2.05, 4.69) is 0 Å². The van der Waals surface area contributed by atoms with E-state index in [4.69, 9.17) is 14.1 Å². The summed E-state index contributed by atoms with van der Waals surface area (Å²) in [5.74, 6) is 0. The molecule has 0 radical (unpaired) electrons. The van der Waals surface area contributed by atoms with Crippen molar-refractivity contribution in [2.45, 2.75) is 0 Å². The third-order valence-corrected chi connectivity index (χ3v) is 0. The minimum atomic E-state index is -3.63. The van der Waals surface area contributed by atoms with Gasteiger partial charge in [0.2, 0.25) is 0 Å². The summed E-state index contributed by atoms with van der Waals surface area (Å²) in [6.45, 7) is 0. The maximum absolute atomic E-state index is 8.52. The SMILES string of the molecule is O=[Si]([O-])[O-].[Al+3].[Cr+2]. The van der Waals surface area contributed by atoms with Crippen LogP contribution < -0.4 is 9.59 Å². The van der Waals surface area contributed by atoms with Crippen molar-refractivity contribution in [2.24, 2.45) is 0 Å². The quantitative estimate of drug-likeness (QED) is 0.345. The smallest absolute Gasteiger partial charge is 0.672 e. The molecule has 0 saturated heterocycles. The molecule has 0 heterocycles. The minimum Gasteiger partial charge on any atom is -0.672 e. The maximum Gasteiger partial charge on any atom is 3.00 e. The molecule has 0 aromatic rings. The first-order valence-corrected chi connectivity index (χ1v) is 1.84. The van der Waals surface area contributed by atoms with Crippen LogP contribution in [0.25, 0.3) is 0 Å². The molecule has 0 N–H and O–H groups in total. The van der Waals surface area contributed by atoms with Crippen molar-refractivity contribution in [3.05, 3.63) is 0 Å². The molecule has 0 bridgehead atoms. The van der Waals surface area contributed by atoms with E-state index in [1.54, 1.807) is 0 Å². The Morgan fingerprint density at radius 1 is 1.33 bits per heavy atom. The number of hydrogen-bond donors (Lipinski definition) is 0. The van der Waals surface area contributed by atoms with Crippen molar-refractivity contribution in [3.8, 4) is 0 Å². The van der Waals surface area contributed by atoms with E-state index in [9.17, 15) is 0 Å². The molecule has 0 aromatic heterocycles. The second kappa shape index (κ2) is 9.19. The van der Waals surface area contributed by atoms with Crippen molar-refractivity contribution >= 4 is 26.5 Å². The molecular formula is AlCrO3Si+3. The Labute approximate surface area is 58.2 Å². The predicted octanol–water partition coefficient (Wildman–Crippen LogP) is -3.26. The van der Waals surface area contributed by atoms with Crippen LogP contribution in [0.15, 0.2) is 0 Å². The molecule has 28 valence electrons. The van der Waals surface area contributed by atoms with E-state index in [0.717, 1.165) is 0 Å². The molecule has 0 aliphatic rings. The third-order valence-electron chi connectivity index (χ3n) is 0. The van der Waals surface area contributed by atoms with E-state index in [-0.39, 0.29) is 34.7 Å². The second-order valence-electron chi connectivity index (χ2n) is 0.250. The van der Waals surface area contributed by atoms with Crippen LogP contribution in [-0.2, 0) is 21.8 Å². The van der Waals surface area contributed by atoms with Gasteiger partial charge in [-0.15, -0.1) is 0 Å². The predicted molar refractivity (Wildman–Crippen MR) is 12.2 cm³/mol. The molecule has 0 unspecified atom stereocenters. The van der Waals surface area contributed by atoms with Gasteiger partial charge in [0, 0.05) is 9.17 Å². The van der Waals surface area contributed by atoms with Gasteiger partial charge >= 0.3 is 34.7 Å². The van der Waals surface area contributed by atoms with E-state index in [1.165, 1.54) is 0 Å². The van der Waals surface area contributed by atoms with Gasteiger partial charge in [-0.25, -0.2) is 0 Å². The Bertz CT molecular complexity index is 33.8. The average Bonchev–Trinajstić information content (AvgIpc) is 0.811. The standard InChI is InChI=1S/Al.Cr.O3Si/c;;1-4(2)3/q+3;+2;-2. The van der Waals surface area contributed by atoms with Crippen molar-refractivity contribution < 1.29 is 31.4 Å². The Morgan fingerprint density at radius 3 is 1.33 bits per heavy atom. The minimum absolute atomic E-state index is 0. The molecule has 0 amide bonds. The van der Waals surface area contributed by atoms with Crippen molar-refractivity contribution in [1.29, 1.82) is 0 Å². The third kappa shape index (κ3) is 137. The molecule has 0 rings (SSSR count). The van der Waals surface area contributed by atoms with Crippen LogP contribution in [0.1, 0.15) is 0 Å². The summed E-state index contributed by atoms with van der Waals surface area (Å²) in [5, 5.41) is 0. The van der Waals surface area contributed by atoms with Gasteiger partial charge in [-0.2, -0.15) is 0 Å². The van der Waals surface area contributed by atoms with Gasteiger partial charge in [0.15, 0.2) is 0 Å². The molecule has 6 heteroatoms. The van der Waals surface area contributed by atoms with Gasteiger partial charge in [-0.1, -0.05) is 0 Å². The van der Waals surface area contributed by atoms with Gasteiger partial charge in [-0.05, 0) is 0 Å². The van der Waals surface area contributed by atoms with E-state index < -0.39 is 9.17 Å². The molecule has 0 spiro atoms. The molecule has 0 atom stereocenters. The van der Waals surface area contributed by atoms with Gasteiger partial charge < -0.3 is 14.1 Å². The maximum atomic E-state index is 8.52. The monoisotopic (exact) mass is 155 g/mol. The normalized spacial score (nSPS) is 4.00. The Balaban J connectivity index is -0.0000000450. The molecule has 0 aliphatic heterocycles. The summed E-state index contributed by atoms with van der Waals surface area (Å²) in [4.78, 5) is 17.0. The van der Waals surface area contributed by atoms with E-state index in [1.807, 2.05) is 0 Å². The second-order valence-corrected chi connectivity index (χ2v) is 0.750. The van der Waals surface area contributed by atoms with Gasteiger partial charge in [0.25, 0.3) is 0 Å². The first-order valence-electron chi connectivity index (χ1n) is 0.612. The molecule has 0 fully saturated rings. The fraction of sp³-hybridized carbons (Fsp3) is 0. The summed E-state index contributed by atoms with van der Waals surface area (Å²) < 4.78 is 8.52. The van der Waals surface area contributed by atoms with Crippen LogP contribution in [0.4, 0.5) is 0 Å². The van der Waals surface area contributed by atoms with Crippen molar-refractivity contribution in [1.82, 2.24) is 0 Å². The Kier molecular flexibility index (Phi) is 24.4. The van der Waals surface area contributed by atoms with E-state index in [0.29, 0.717) is 0 Å². The van der Waals surface area contributed by atoms with Crippen molar-refractivity contribution in [3.63, 3.8) is 0 Å². The summed E-state index contributed by atoms with van der Waals surface area (Å²) in [6, 6.07) is 0. The fourth-order valence-electron chi connectivity index (χ4n) is 0. The zero-order valence-electron chi connectivity index (χ0n) is 2.71. The summed E-state index contributed by atoms with van der Waals surface area (Å²) in [7, 11) is -3.63.